The van der Waals surface area contributed by atoms with E-state index in [-0.39, 0.29) is 5.91 Å². The van der Waals surface area contributed by atoms with Crippen LogP contribution in [0.2, 0.25) is 0 Å². The molecule has 0 radical (unpaired) electrons. The van der Waals surface area contributed by atoms with E-state index in [1.54, 1.807) is 0 Å². The van der Waals surface area contributed by atoms with Crippen molar-refractivity contribution in [1.82, 2.24) is 5.32 Å². The molecule has 0 atom stereocenters. The van der Waals surface area contributed by atoms with Gasteiger partial charge in [0.1, 0.15) is 0 Å². The van der Waals surface area contributed by atoms with E-state index < -0.39 is 0 Å². The highest BCUT2D eigenvalue weighted by molar-refractivity contribution is 8.16. The van der Waals surface area contributed by atoms with Gasteiger partial charge >= 0.3 is 0 Å². The number of thioether (sulfide) groups is 2. The lowest BCUT2D eigenvalue weighted by Crippen LogP contribution is -2.38. The Balaban J connectivity index is 1.40. The average molecular weight is 334 g/mol. The molecule has 1 aromatic rings. The Labute approximate surface area is 141 Å². The van der Waals surface area contributed by atoms with Crippen LogP contribution in [0.25, 0.3) is 0 Å². The summed E-state index contributed by atoms with van der Waals surface area (Å²) in [5.74, 6) is 4.14. The Kier molecular flexibility index (Phi) is 4.40. The Morgan fingerprint density at radius 1 is 1.00 bits per heavy atom. The highest BCUT2D eigenvalue weighted by Gasteiger charge is 2.42. The van der Waals surface area contributed by atoms with Crippen LogP contribution in [0, 0.1) is 11.8 Å². The molecule has 3 aliphatic rings. The number of nitrogens with one attached hydrogen (secondary N) is 1. The van der Waals surface area contributed by atoms with E-state index in [9.17, 15) is 4.79 Å². The number of amides is 1. The minimum absolute atomic E-state index is 0.124. The van der Waals surface area contributed by atoms with Crippen LogP contribution >= 0.6 is 23.5 Å². The Bertz CT molecular complexity index is 519. The molecule has 2 saturated carbocycles. The molecular weight excluding hydrogens is 310 g/mol. The predicted molar refractivity (Wildman–Crippen MR) is 95.4 cm³/mol. The summed E-state index contributed by atoms with van der Waals surface area (Å²) in [6.07, 6.45) is 6.52. The van der Waals surface area contributed by atoms with Gasteiger partial charge < -0.3 is 5.32 Å². The van der Waals surface area contributed by atoms with E-state index in [1.165, 1.54) is 49.2 Å². The number of benzene rings is 1. The van der Waals surface area contributed by atoms with Crippen LogP contribution in [-0.2, 0) is 0 Å². The highest BCUT2D eigenvalue weighted by Crippen LogP contribution is 2.45. The summed E-state index contributed by atoms with van der Waals surface area (Å²) >= 11 is 4.06. The molecule has 2 aliphatic carbocycles. The van der Waals surface area contributed by atoms with Crippen LogP contribution in [-0.4, -0.2) is 23.5 Å². The van der Waals surface area contributed by atoms with Crippen molar-refractivity contribution >= 4 is 29.4 Å². The molecule has 0 bridgehead atoms. The summed E-state index contributed by atoms with van der Waals surface area (Å²) < 4.78 is 0.552. The fourth-order valence-electron chi connectivity index (χ4n) is 3.24. The zero-order valence-corrected chi connectivity index (χ0v) is 14.4. The fraction of sp³-hybridized carbons (Fsp3) is 0.611. The SMILES string of the molecule is O=C(NC(C1CC1)C1CC1)c1ccc(C2SCCCS2)cc1. The van der Waals surface area contributed by atoms with Crippen molar-refractivity contribution in [2.24, 2.45) is 11.8 Å². The molecule has 0 aromatic heterocycles. The van der Waals surface area contributed by atoms with Gasteiger partial charge in [-0.3, -0.25) is 4.79 Å². The lowest BCUT2D eigenvalue weighted by Gasteiger charge is -2.21. The van der Waals surface area contributed by atoms with Gasteiger partial charge in [-0.05, 0) is 73.1 Å². The van der Waals surface area contributed by atoms with E-state index in [0.29, 0.717) is 10.6 Å². The Morgan fingerprint density at radius 3 is 2.14 bits per heavy atom. The molecule has 1 aliphatic heterocycles. The maximum absolute atomic E-state index is 12.5. The molecule has 4 heteroatoms. The summed E-state index contributed by atoms with van der Waals surface area (Å²) in [7, 11) is 0. The second-order valence-corrected chi connectivity index (χ2v) is 9.45. The summed E-state index contributed by atoms with van der Waals surface area (Å²) in [5.41, 5.74) is 2.17. The van der Waals surface area contributed by atoms with Crippen molar-refractivity contribution in [3.63, 3.8) is 0 Å². The summed E-state index contributed by atoms with van der Waals surface area (Å²) in [5, 5.41) is 3.31. The smallest absolute Gasteiger partial charge is 0.251 e. The van der Waals surface area contributed by atoms with E-state index in [1.807, 2.05) is 35.7 Å². The van der Waals surface area contributed by atoms with E-state index in [4.69, 9.17) is 0 Å². The van der Waals surface area contributed by atoms with E-state index in [0.717, 1.165) is 17.4 Å². The molecule has 1 amide bonds. The molecule has 1 N–H and O–H groups in total. The minimum Gasteiger partial charge on any atom is -0.349 e. The molecule has 22 heavy (non-hydrogen) atoms. The highest BCUT2D eigenvalue weighted by atomic mass is 32.2. The quantitative estimate of drug-likeness (QED) is 0.862. The van der Waals surface area contributed by atoms with Crippen molar-refractivity contribution in [2.45, 2.75) is 42.7 Å². The van der Waals surface area contributed by atoms with Crippen molar-refractivity contribution in [3.8, 4) is 0 Å². The van der Waals surface area contributed by atoms with Crippen LogP contribution in [0.1, 0.15) is 52.6 Å². The standard InChI is InChI=1S/C18H23NOS2/c20-17(19-16(12-2-3-12)13-4-5-13)14-6-8-15(9-7-14)18-21-10-1-11-22-18/h6-9,12-13,16,18H,1-5,10-11H2,(H,19,20). The third-order valence-electron chi connectivity index (χ3n) is 4.83. The van der Waals surface area contributed by atoms with Gasteiger partial charge in [0.25, 0.3) is 5.91 Å². The van der Waals surface area contributed by atoms with Gasteiger partial charge in [-0.25, -0.2) is 0 Å². The van der Waals surface area contributed by atoms with Crippen LogP contribution in [0.4, 0.5) is 0 Å². The van der Waals surface area contributed by atoms with E-state index in [2.05, 4.69) is 17.4 Å². The van der Waals surface area contributed by atoms with Crippen molar-refractivity contribution in [1.29, 1.82) is 0 Å². The molecule has 0 unspecified atom stereocenters. The molecule has 1 aromatic carbocycles. The number of carbonyl (C=O) groups is 1. The fourth-order valence-corrected chi connectivity index (χ4v) is 6.13. The summed E-state index contributed by atoms with van der Waals surface area (Å²) in [6.45, 7) is 0. The number of carbonyl (C=O) groups excluding carboxylic acids is 1. The first-order chi connectivity index (χ1) is 10.8. The first-order valence-electron chi connectivity index (χ1n) is 8.45. The third kappa shape index (κ3) is 3.48. The first kappa shape index (κ1) is 14.9. The monoisotopic (exact) mass is 333 g/mol. The van der Waals surface area contributed by atoms with E-state index >= 15 is 0 Å². The second-order valence-electron chi connectivity index (χ2n) is 6.72. The van der Waals surface area contributed by atoms with Gasteiger partial charge in [0, 0.05) is 11.6 Å². The zero-order valence-electron chi connectivity index (χ0n) is 12.8. The average Bonchev–Trinajstić information content (AvgIpc) is 3.47. The molecule has 2 nitrogen and oxygen atoms in total. The number of hydrogen-bond acceptors (Lipinski definition) is 3. The van der Waals surface area contributed by atoms with Crippen LogP contribution in [0.15, 0.2) is 24.3 Å². The van der Waals surface area contributed by atoms with Gasteiger partial charge in [-0.1, -0.05) is 12.1 Å². The largest absolute Gasteiger partial charge is 0.349 e. The first-order valence-corrected chi connectivity index (χ1v) is 10.5. The Hall–Kier alpha value is -0.610. The topological polar surface area (TPSA) is 29.1 Å². The summed E-state index contributed by atoms with van der Waals surface area (Å²) in [6, 6.07) is 8.76. The number of rotatable bonds is 5. The molecule has 3 fully saturated rings. The maximum atomic E-state index is 12.5. The van der Waals surface area contributed by atoms with Gasteiger partial charge in [-0.15, -0.1) is 23.5 Å². The molecule has 1 saturated heterocycles. The van der Waals surface area contributed by atoms with Crippen LogP contribution in [0.3, 0.4) is 0 Å². The maximum Gasteiger partial charge on any atom is 0.251 e. The normalized spacial score (nSPS) is 22.8. The van der Waals surface area contributed by atoms with Gasteiger partial charge in [-0.2, -0.15) is 0 Å². The van der Waals surface area contributed by atoms with Gasteiger partial charge in [0.15, 0.2) is 0 Å². The van der Waals surface area contributed by atoms with Crippen molar-refractivity contribution in [3.05, 3.63) is 35.4 Å². The molecule has 0 spiro atoms. The van der Waals surface area contributed by atoms with Gasteiger partial charge in [0.05, 0.1) is 4.58 Å². The van der Waals surface area contributed by atoms with Crippen LogP contribution < -0.4 is 5.32 Å². The second kappa shape index (κ2) is 6.48. The molecule has 1 heterocycles. The van der Waals surface area contributed by atoms with Crippen molar-refractivity contribution < 1.29 is 4.79 Å². The predicted octanol–water partition coefficient (Wildman–Crippen LogP) is 4.47. The number of hydrogen-bond donors (Lipinski definition) is 1. The van der Waals surface area contributed by atoms with Crippen LogP contribution in [0.5, 0.6) is 0 Å². The summed E-state index contributed by atoms with van der Waals surface area (Å²) in [4.78, 5) is 12.5. The van der Waals surface area contributed by atoms with Gasteiger partial charge in [0.2, 0.25) is 0 Å². The zero-order chi connectivity index (χ0) is 14.9. The minimum atomic E-state index is 0.124. The Morgan fingerprint density at radius 2 is 1.59 bits per heavy atom. The molecular formula is C18H23NOS2. The lowest BCUT2D eigenvalue weighted by atomic mass is 10.1. The molecule has 118 valence electrons. The van der Waals surface area contributed by atoms with Crippen molar-refractivity contribution in [2.75, 3.05) is 11.5 Å². The third-order valence-corrected chi connectivity index (χ3v) is 7.84. The molecule has 4 rings (SSSR count). The lowest BCUT2D eigenvalue weighted by molar-refractivity contribution is 0.0926.